The average molecular weight is 354 g/mol. The molecular weight excluding hydrogens is 341 g/mol. The van der Waals surface area contributed by atoms with Crippen molar-refractivity contribution in [2.75, 3.05) is 24.1 Å². The Balaban J connectivity index is 2.58. The molecule has 1 amide bonds. The summed E-state index contributed by atoms with van der Waals surface area (Å²) in [7, 11) is -3.54. The van der Waals surface area contributed by atoms with Gasteiger partial charge in [-0.2, -0.15) is 13.2 Å². The summed E-state index contributed by atoms with van der Waals surface area (Å²) in [4.78, 5) is 22.8. The number of alkyl halides is 3. The van der Waals surface area contributed by atoms with Crippen LogP contribution in [0.1, 0.15) is 10.4 Å². The number of benzene rings is 1. The van der Waals surface area contributed by atoms with Crippen molar-refractivity contribution >= 4 is 27.6 Å². The first-order chi connectivity index (χ1) is 10.5. The van der Waals surface area contributed by atoms with Crippen molar-refractivity contribution in [3.8, 4) is 0 Å². The van der Waals surface area contributed by atoms with Crippen LogP contribution in [0.15, 0.2) is 24.3 Å². The zero-order chi connectivity index (χ0) is 17.7. The number of ether oxygens (including phenoxy) is 1. The van der Waals surface area contributed by atoms with Crippen molar-refractivity contribution in [3.63, 3.8) is 0 Å². The van der Waals surface area contributed by atoms with Crippen molar-refractivity contribution < 1.29 is 35.9 Å². The molecule has 0 bridgehead atoms. The van der Waals surface area contributed by atoms with Gasteiger partial charge in [0.1, 0.15) is 6.54 Å². The van der Waals surface area contributed by atoms with Crippen LogP contribution in [-0.2, 0) is 19.6 Å². The van der Waals surface area contributed by atoms with Crippen molar-refractivity contribution in [3.05, 3.63) is 29.8 Å². The molecule has 23 heavy (non-hydrogen) atoms. The van der Waals surface area contributed by atoms with Gasteiger partial charge < -0.3 is 10.1 Å². The first-order valence-electron chi connectivity index (χ1n) is 6.05. The van der Waals surface area contributed by atoms with E-state index >= 15 is 0 Å². The lowest BCUT2D eigenvalue weighted by Gasteiger charge is -2.09. The minimum absolute atomic E-state index is 0.0673. The van der Waals surface area contributed by atoms with Crippen LogP contribution in [0, 0.1) is 0 Å². The SMILES string of the molecule is CS(=O)(=O)Nc1cccc(C(=O)OCC(=O)NCC(F)(F)F)c1. The standard InChI is InChI=1S/C12H13F3N2O5S/c1-23(20,21)17-9-4-2-3-8(5-9)11(19)22-6-10(18)16-7-12(13,14)15/h2-5,17H,6-7H2,1H3,(H,16,18). The third-order valence-electron chi connectivity index (χ3n) is 2.22. The summed E-state index contributed by atoms with van der Waals surface area (Å²) in [5, 5.41) is 1.54. The van der Waals surface area contributed by atoms with Gasteiger partial charge in [0.2, 0.25) is 10.0 Å². The molecule has 0 atom stereocenters. The topological polar surface area (TPSA) is 102 Å². The molecule has 0 heterocycles. The molecule has 0 aliphatic heterocycles. The average Bonchev–Trinajstić information content (AvgIpc) is 2.40. The fourth-order valence-electron chi connectivity index (χ4n) is 1.39. The molecule has 1 aromatic rings. The van der Waals surface area contributed by atoms with E-state index < -0.39 is 41.2 Å². The third kappa shape index (κ3) is 8.04. The molecule has 128 valence electrons. The number of hydrogen-bond acceptors (Lipinski definition) is 5. The van der Waals surface area contributed by atoms with Gasteiger partial charge in [-0.25, -0.2) is 13.2 Å². The molecule has 1 aromatic carbocycles. The van der Waals surface area contributed by atoms with E-state index in [-0.39, 0.29) is 11.3 Å². The molecule has 0 radical (unpaired) electrons. The summed E-state index contributed by atoms with van der Waals surface area (Å²) >= 11 is 0. The van der Waals surface area contributed by atoms with Gasteiger partial charge in [-0.3, -0.25) is 9.52 Å². The van der Waals surface area contributed by atoms with Gasteiger partial charge in [0, 0.05) is 5.69 Å². The Hall–Kier alpha value is -2.30. The number of halogens is 3. The van der Waals surface area contributed by atoms with Crippen molar-refractivity contribution in [1.82, 2.24) is 5.32 Å². The van der Waals surface area contributed by atoms with E-state index in [1.807, 2.05) is 0 Å². The third-order valence-corrected chi connectivity index (χ3v) is 2.83. The van der Waals surface area contributed by atoms with Gasteiger partial charge in [-0.05, 0) is 18.2 Å². The van der Waals surface area contributed by atoms with E-state index in [0.29, 0.717) is 0 Å². The minimum Gasteiger partial charge on any atom is -0.452 e. The number of anilines is 1. The molecule has 0 aliphatic carbocycles. The Kier molecular flexibility index (Phi) is 5.96. The van der Waals surface area contributed by atoms with Gasteiger partial charge in [-0.1, -0.05) is 6.07 Å². The largest absolute Gasteiger partial charge is 0.452 e. The number of sulfonamides is 1. The highest BCUT2D eigenvalue weighted by Crippen LogP contribution is 2.13. The summed E-state index contributed by atoms with van der Waals surface area (Å²) in [5.74, 6) is -2.09. The van der Waals surface area contributed by atoms with Gasteiger partial charge in [0.15, 0.2) is 6.61 Å². The highest BCUT2D eigenvalue weighted by atomic mass is 32.2. The summed E-state index contributed by atoms with van der Waals surface area (Å²) in [6.45, 7) is -2.42. The zero-order valence-corrected chi connectivity index (χ0v) is 12.6. The van der Waals surface area contributed by atoms with Crippen LogP contribution < -0.4 is 10.0 Å². The molecule has 0 saturated carbocycles. The normalized spacial score (nSPS) is 11.7. The molecule has 0 aromatic heterocycles. The smallest absolute Gasteiger partial charge is 0.405 e. The second kappa shape index (κ2) is 7.31. The Morgan fingerprint density at radius 1 is 1.26 bits per heavy atom. The monoisotopic (exact) mass is 354 g/mol. The summed E-state index contributed by atoms with van der Waals surface area (Å²) in [6.07, 6.45) is -3.64. The molecule has 2 N–H and O–H groups in total. The van der Waals surface area contributed by atoms with E-state index in [1.54, 1.807) is 0 Å². The van der Waals surface area contributed by atoms with Crippen LogP contribution in [0.25, 0.3) is 0 Å². The van der Waals surface area contributed by atoms with E-state index in [4.69, 9.17) is 0 Å². The number of carbonyl (C=O) groups is 2. The Bertz CT molecular complexity index is 688. The number of rotatable bonds is 6. The molecule has 11 heteroatoms. The van der Waals surface area contributed by atoms with Gasteiger partial charge in [0.25, 0.3) is 5.91 Å². The van der Waals surface area contributed by atoms with Crippen molar-refractivity contribution in [2.45, 2.75) is 6.18 Å². The predicted octanol–water partition coefficient (Wildman–Crippen LogP) is 0.893. The second-order valence-electron chi connectivity index (χ2n) is 4.42. The maximum Gasteiger partial charge on any atom is 0.405 e. The summed E-state index contributed by atoms with van der Waals surface area (Å²) < 4.78 is 64.5. The molecule has 0 aliphatic rings. The molecule has 0 fully saturated rings. The lowest BCUT2D eigenvalue weighted by Crippen LogP contribution is -2.36. The number of amides is 1. The Morgan fingerprint density at radius 3 is 2.48 bits per heavy atom. The number of hydrogen-bond donors (Lipinski definition) is 2. The predicted molar refractivity (Wildman–Crippen MR) is 74.3 cm³/mol. The number of esters is 1. The van der Waals surface area contributed by atoms with E-state index in [1.165, 1.54) is 23.5 Å². The minimum atomic E-state index is -4.56. The van der Waals surface area contributed by atoms with E-state index in [9.17, 15) is 31.2 Å². The Labute approximate surface area is 129 Å². The molecule has 0 saturated heterocycles. The lowest BCUT2D eigenvalue weighted by molar-refractivity contribution is -0.140. The van der Waals surface area contributed by atoms with Crippen molar-refractivity contribution in [1.29, 1.82) is 0 Å². The van der Waals surface area contributed by atoms with Gasteiger partial charge in [0.05, 0.1) is 11.8 Å². The lowest BCUT2D eigenvalue weighted by atomic mass is 10.2. The highest BCUT2D eigenvalue weighted by molar-refractivity contribution is 7.92. The fourth-order valence-corrected chi connectivity index (χ4v) is 1.94. The summed E-state index contributed by atoms with van der Waals surface area (Å²) in [5.41, 5.74) is 0.0331. The fraction of sp³-hybridized carbons (Fsp3) is 0.333. The quantitative estimate of drug-likeness (QED) is 0.739. The molecule has 0 unspecified atom stereocenters. The van der Waals surface area contributed by atoms with Crippen LogP contribution in [0.4, 0.5) is 18.9 Å². The van der Waals surface area contributed by atoms with Gasteiger partial charge in [-0.15, -0.1) is 0 Å². The maximum absolute atomic E-state index is 11.9. The molecule has 7 nitrogen and oxygen atoms in total. The first-order valence-corrected chi connectivity index (χ1v) is 7.94. The maximum atomic E-state index is 11.9. The van der Waals surface area contributed by atoms with Crippen LogP contribution in [0.2, 0.25) is 0 Å². The van der Waals surface area contributed by atoms with E-state index in [0.717, 1.165) is 12.3 Å². The van der Waals surface area contributed by atoms with Crippen LogP contribution in [0.5, 0.6) is 0 Å². The van der Waals surface area contributed by atoms with Crippen molar-refractivity contribution in [2.24, 2.45) is 0 Å². The van der Waals surface area contributed by atoms with Crippen LogP contribution in [-0.4, -0.2) is 45.9 Å². The van der Waals surface area contributed by atoms with Crippen LogP contribution >= 0.6 is 0 Å². The summed E-state index contributed by atoms with van der Waals surface area (Å²) in [6, 6.07) is 5.21. The number of carbonyl (C=O) groups excluding carboxylic acids is 2. The molecule has 1 rings (SSSR count). The second-order valence-corrected chi connectivity index (χ2v) is 6.17. The first kappa shape index (κ1) is 18.7. The Morgan fingerprint density at radius 2 is 1.91 bits per heavy atom. The zero-order valence-electron chi connectivity index (χ0n) is 11.8. The van der Waals surface area contributed by atoms with Gasteiger partial charge >= 0.3 is 12.1 Å². The molecule has 0 spiro atoms. The molecular formula is C12H13F3N2O5S. The van der Waals surface area contributed by atoms with Crippen LogP contribution in [0.3, 0.4) is 0 Å². The van der Waals surface area contributed by atoms with E-state index in [2.05, 4.69) is 9.46 Å². The highest BCUT2D eigenvalue weighted by Gasteiger charge is 2.27. The number of nitrogens with one attached hydrogen (secondary N) is 2.